The van der Waals surface area contributed by atoms with E-state index in [0.717, 1.165) is 21.6 Å². The monoisotopic (exact) mass is 468 g/mol. The van der Waals surface area contributed by atoms with Gasteiger partial charge in [-0.05, 0) is 23.6 Å². The van der Waals surface area contributed by atoms with Crippen LogP contribution in [0.2, 0.25) is 0 Å². The molecule has 1 N–H and O–H groups in total. The highest BCUT2D eigenvalue weighted by Crippen LogP contribution is 2.39. The molecule has 6 heteroatoms. The number of aromatic nitrogens is 2. The number of hydrogen-bond acceptors (Lipinski definition) is 5. The second kappa shape index (κ2) is 9.17. The summed E-state index contributed by atoms with van der Waals surface area (Å²) in [6.45, 7) is 1.95. The van der Waals surface area contributed by atoms with Gasteiger partial charge in [-0.3, -0.25) is 9.59 Å². The molecule has 0 aliphatic carbocycles. The second-order valence-corrected chi connectivity index (χ2v) is 9.71. The number of thioether (sulfide) groups is 1. The summed E-state index contributed by atoms with van der Waals surface area (Å²) in [5, 5.41) is 0.518. The quantitative estimate of drug-likeness (QED) is 0.172. The average molecular weight is 469 g/mol. The number of nitrogens with zero attached hydrogens (tertiary/aromatic N) is 1. The number of aryl methyl sites for hydroxylation is 1. The molecule has 0 saturated carbocycles. The molecule has 0 aliphatic heterocycles. The Morgan fingerprint density at radius 2 is 1.52 bits per heavy atom. The lowest BCUT2D eigenvalue weighted by Gasteiger charge is -2.15. The van der Waals surface area contributed by atoms with Gasteiger partial charge in [-0.25, -0.2) is 4.98 Å². The van der Waals surface area contributed by atoms with Gasteiger partial charge in [0.25, 0.3) is 5.56 Å². The highest BCUT2D eigenvalue weighted by atomic mass is 32.2. The number of thiophene rings is 1. The maximum Gasteiger partial charge on any atom is 0.260 e. The first-order valence-corrected chi connectivity index (χ1v) is 12.2. The van der Waals surface area contributed by atoms with Gasteiger partial charge in [0.1, 0.15) is 10.1 Å². The van der Waals surface area contributed by atoms with Crippen LogP contribution in [0.15, 0.2) is 101 Å². The van der Waals surface area contributed by atoms with Crippen LogP contribution in [0, 0.1) is 6.92 Å². The van der Waals surface area contributed by atoms with E-state index >= 15 is 0 Å². The fraction of sp³-hybridized carbons (Fsp3) is 0.0741. The molecule has 0 saturated heterocycles. The molecule has 0 spiro atoms. The number of aromatic amines is 1. The number of rotatable bonds is 6. The molecule has 0 amide bonds. The van der Waals surface area contributed by atoms with Gasteiger partial charge < -0.3 is 4.98 Å². The smallest absolute Gasteiger partial charge is 0.260 e. The van der Waals surface area contributed by atoms with E-state index in [1.807, 2.05) is 97.9 Å². The highest BCUT2D eigenvalue weighted by Gasteiger charge is 2.25. The molecule has 0 unspecified atom stereocenters. The Morgan fingerprint density at radius 1 is 0.909 bits per heavy atom. The Morgan fingerprint density at radius 3 is 2.18 bits per heavy atom. The molecule has 0 bridgehead atoms. The van der Waals surface area contributed by atoms with Gasteiger partial charge in [0.15, 0.2) is 10.9 Å². The molecule has 1 atom stereocenters. The number of Topliss-reactive ketones (excluding diaryl/α,β-unsaturated/α-hetero) is 1. The summed E-state index contributed by atoms with van der Waals surface area (Å²) in [6.07, 6.45) is 0. The van der Waals surface area contributed by atoms with Crippen LogP contribution in [0.25, 0.3) is 20.7 Å². The van der Waals surface area contributed by atoms with E-state index in [0.29, 0.717) is 20.9 Å². The van der Waals surface area contributed by atoms with Gasteiger partial charge >= 0.3 is 0 Å². The predicted molar refractivity (Wildman–Crippen MR) is 136 cm³/mol. The molecule has 162 valence electrons. The van der Waals surface area contributed by atoms with Crippen molar-refractivity contribution in [2.45, 2.75) is 17.3 Å². The molecular weight excluding hydrogens is 448 g/mol. The maximum atomic E-state index is 13.4. The lowest BCUT2D eigenvalue weighted by Crippen LogP contribution is -2.13. The first-order valence-electron chi connectivity index (χ1n) is 10.5. The van der Waals surface area contributed by atoms with E-state index in [1.54, 1.807) is 0 Å². The van der Waals surface area contributed by atoms with Crippen molar-refractivity contribution < 1.29 is 4.79 Å². The topological polar surface area (TPSA) is 62.8 Å². The summed E-state index contributed by atoms with van der Waals surface area (Å²) < 4.78 is 0. The van der Waals surface area contributed by atoms with Crippen LogP contribution in [0.5, 0.6) is 0 Å². The molecule has 3 aromatic carbocycles. The Bertz CT molecular complexity index is 1480. The van der Waals surface area contributed by atoms with Crippen molar-refractivity contribution in [1.29, 1.82) is 0 Å². The molecule has 0 aliphatic rings. The van der Waals surface area contributed by atoms with Crippen LogP contribution in [0.1, 0.15) is 26.7 Å². The number of carbonyl (C=O) groups is 1. The van der Waals surface area contributed by atoms with E-state index in [9.17, 15) is 9.59 Å². The van der Waals surface area contributed by atoms with Crippen molar-refractivity contribution in [2.24, 2.45) is 0 Å². The third kappa shape index (κ3) is 4.27. The molecule has 0 fully saturated rings. The van der Waals surface area contributed by atoms with E-state index in [4.69, 9.17) is 4.98 Å². The SMILES string of the molecule is Cc1c(-c2ccccc2)sc2nc(S[C@H](C(=O)c3ccccc3)c3ccccc3)[nH]c(=O)c12. The zero-order chi connectivity index (χ0) is 22.8. The fourth-order valence-electron chi connectivity index (χ4n) is 3.81. The van der Waals surface area contributed by atoms with Crippen LogP contribution < -0.4 is 5.56 Å². The zero-order valence-corrected chi connectivity index (χ0v) is 19.5. The number of nitrogens with one attached hydrogen (secondary N) is 1. The van der Waals surface area contributed by atoms with Crippen LogP contribution >= 0.6 is 23.1 Å². The summed E-state index contributed by atoms with van der Waals surface area (Å²) in [5.41, 5.74) is 3.30. The Labute approximate surface area is 199 Å². The second-order valence-electron chi connectivity index (χ2n) is 7.61. The maximum absolute atomic E-state index is 13.4. The summed E-state index contributed by atoms with van der Waals surface area (Å²) in [4.78, 5) is 35.8. The minimum atomic E-state index is -0.524. The standard InChI is InChI=1S/C27H20N2O2S2/c1-17-21-25(31)28-27(29-26(21)32-23(17)19-13-7-3-8-14-19)33-24(20-15-9-4-10-16-20)22(30)18-11-5-2-6-12-18/h2-16,24H,1H3,(H,28,29,31)/t24-/m0/s1. The predicted octanol–water partition coefficient (Wildman–Crippen LogP) is 6.68. The summed E-state index contributed by atoms with van der Waals surface area (Å²) >= 11 is 2.78. The normalized spacial score (nSPS) is 12.0. The third-order valence-electron chi connectivity index (χ3n) is 5.44. The van der Waals surface area contributed by atoms with Crippen molar-refractivity contribution in [3.63, 3.8) is 0 Å². The fourth-order valence-corrected chi connectivity index (χ4v) is 6.11. The lowest BCUT2D eigenvalue weighted by atomic mass is 10.0. The number of benzene rings is 3. The van der Waals surface area contributed by atoms with Gasteiger partial charge in [0, 0.05) is 10.4 Å². The Hall–Kier alpha value is -3.48. The van der Waals surface area contributed by atoms with Crippen LogP contribution in [0.4, 0.5) is 0 Å². The van der Waals surface area contributed by atoms with Gasteiger partial charge in [-0.2, -0.15) is 0 Å². The molecule has 2 aromatic heterocycles. The molecule has 5 aromatic rings. The molecule has 4 nitrogen and oxygen atoms in total. The van der Waals surface area contributed by atoms with Gasteiger partial charge in [0.05, 0.1) is 5.39 Å². The Kier molecular flexibility index (Phi) is 5.94. The number of ketones is 1. The first kappa shape index (κ1) is 21.4. The third-order valence-corrected chi connectivity index (χ3v) is 7.82. The van der Waals surface area contributed by atoms with Crippen LogP contribution in [-0.2, 0) is 0 Å². The van der Waals surface area contributed by atoms with Crippen molar-refractivity contribution in [3.05, 3.63) is 118 Å². The van der Waals surface area contributed by atoms with Crippen molar-refractivity contribution in [3.8, 4) is 10.4 Å². The first-order chi connectivity index (χ1) is 16.1. The van der Waals surface area contributed by atoms with E-state index in [-0.39, 0.29) is 11.3 Å². The van der Waals surface area contributed by atoms with E-state index < -0.39 is 5.25 Å². The van der Waals surface area contributed by atoms with Crippen molar-refractivity contribution >= 4 is 39.1 Å². The van der Waals surface area contributed by atoms with Crippen LogP contribution in [0.3, 0.4) is 0 Å². The summed E-state index contributed by atoms with van der Waals surface area (Å²) in [6, 6.07) is 28.8. The van der Waals surface area contributed by atoms with Crippen molar-refractivity contribution in [2.75, 3.05) is 0 Å². The zero-order valence-electron chi connectivity index (χ0n) is 17.8. The molecular formula is C27H20N2O2S2. The largest absolute Gasteiger partial charge is 0.301 e. The minimum Gasteiger partial charge on any atom is -0.301 e. The lowest BCUT2D eigenvalue weighted by molar-refractivity contribution is 0.0989. The molecule has 0 radical (unpaired) electrons. The number of fused-ring (bicyclic) bond motifs is 1. The molecule has 2 heterocycles. The van der Waals surface area contributed by atoms with Gasteiger partial charge in [-0.15, -0.1) is 11.3 Å². The molecule has 5 rings (SSSR count). The number of H-pyrrole nitrogens is 1. The number of hydrogen-bond donors (Lipinski definition) is 1. The van der Waals surface area contributed by atoms with E-state index in [2.05, 4.69) is 4.98 Å². The van der Waals surface area contributed by atoms with Gasteiger partial charge in [0.2, 0.25) is 0 Å². The summed E-state index contributed by atoms with van der Waals surface area (Å²) in [5.74, 6) is -0.0260. The van der Waals surface area contributed by atoms with E-state index in [1.165, 1.54) is 23.1 Å². The van der Waals surface area contributed by atoms with Crippen molar-refractivity contribution in [1.82, 2.24) is 9.97 Å². The minimum absolute atomic E-state index is 0.0260. The molecule has 33 heavy (non-hydrogen) atoms. The van der Waals surface area contributed by atoms with Gasteiger partial charge in [-0.1, -0.05) is 103 Å². The number of carbonyl (C=O) groups excluding carboxylic acids is 1. The average Bonchev–Trinajstić information content (AvgIpc) is 3.20. The van der Waals surface area contributed by atoms with Crippen LogP contribution in [-0.4, -0.2) is 15.8 Å². The summed E-state index contributed by atoms with van der Waals surface area (Å²) in [7, 11) is 0. The highest BCUT2D eigenvalue weighted by molar-refractivity contribution is 8.00. The Balaban J connectivity index is 1.57.